The third kappa shape index (κ3) is 3.08. The van der Waals surface area contributed by atoms with E-state index in [4.69, 9.17) is 10.2 Å². The molecule has 0 unspecified atom stereocenters. The van der Waals surface area contributed by atoms with Crippen molar-refractivity contribution in [2.75, 3.05) is 5.32 Å². The Labute approximate surface area is 118 Å². The summed E-state index contributed by atoms with van der Waals surface area (Å²) < 4.78 is 13.5. The number of phenols is 2. The third-order valence-corrected chi connectivity index (χ3v) is 2.69. The normalized spacial score (nSPS) is 10.1. The van der Waals surface area contributed by atoms with E-state index in [1.54, 1.807) is 0 Å². The number of benzene rings is 2. The molecule has 0 spiro atoms. The van der Waals surface area contributed by atoms with Crippen molar-refractivity contribution in [1.82, 2.24) is 0 Å². The zero-order chi connectivity index (χ0) is 15.6. The van der Waals surface area contributed by atoms with Crippen LogP contribution in [0.3, 0.4) is 0 Å². The number of aromatic carboxylic acids is 1. The maximum absolute atomic E-state index is 13.5. The van der Waals surface area contributed by atoms with E-state index in [0.717, 1.165) is 24.3 Å². The molecule has 0 aliphatic heterocycles. The lowest BCUT2D eigenvalue weighted by Gasteiger charge is -2.08. The van der Waals surface area contributed by atoms with E-state index in [-0.39, 0.29) is 22.6 Å². The number of rotatable bonds is 3. The maximum Gasteiger partial charge on any atom is 0.335 e. The molecule has 0 aromatic heterocycles. The number of carboxylic acids is 1. The summed E-state index contributed by atoms with van der Waals surface area (Å²) in [5, 5.41) is 29.7. The van der Waals surface area contributed by atoms with Gasteiger partial charge in [0.2, 0.25) is 0 Å². The van der Waals surface area contributed by atoms with Crippen molar-refractivity contribution in [3.63, 3.8) is 0 Å². The van der Waals surface area contributed by atoms with E-state index < -0.39 is 23.4 Å². The summed E-state index contributed by atoms with van der Waals surface area (Å²) >= 11 is 0. The van der Waals surface area contributed by atoms with Crippen LogP contribution in [0.2, 0.25) is 0 Å². The Kier molecular flexibility index (Phi) is 3.75. The van der Waals surface area contributed by atoms with Crippen molar-refractivity contribution in [2.45, 2.75) is 0 Å². The molecule has 108 valence electrons. The number of carboxylic acid groups (broad SMARTS) is 1. The standard InChI is InChI=1S/C14H10FNO5/c15-10-6-8(17)2-3-9(10)13(19)16-11-4-1-7(14(20)21)5-12(11)18/h1-6,17-18H,(H,16,19)(H,20,21). The Morgan fingerprint density at radius 2 is 1.76 bits per heavy atom. The smallest absolute Gasteiger partial charge is 0.335 e. The van der Waals surface area contributed by atoms with Gasteiger partial charge in [-0.1, -0.05) is 0 Å². The van der Waals surface area contributed by atoms with Gasteiger partial charge in [0, 0.05) is 6.07 Å². The Morgan fingerprint density at radius 3 is 2.33 bits per heavy atom. The molecule has 0 bridgehead atoms. The molecule has 0 heterocycles. The average Bonchev–Trinajstić information content (AvgIpc) is 2.40. The monoisotopic (exact) mass is 291 g/mol. The first kappa shape index (κ1) is 14.3. The number of amides is 1. The van der Waals surface area contributed by atoms with Gasteiger partial charge in [-0.3, -0.25) is 4.79 Å². The van der Waals surface area contributed by atoms with Crippen LogP contribution in [0, 0.1) is 5.82 Å². The SMILES string of the molecule is O=C(O)c1ccc(NC(=O)c2ccc(O)cc2F)c(O)c1. The Morgan fingerprint density at radius 1 is 1.05 bits per heavy atom. The van der Waals surface area contributed by atoms with Crippen LogP contribution in [-0.4, -0.2) is 27.2 Å². The molecule has 0 atom stereocenters. The van der Waals surface area contributed by atoms with Gasteiger partial charge in [0.25, 0.3) is 5.91 Å². The van der Waals surface area contributed by atoms with Crippen LogP contribution in [0.15, 0.2) is 36.4 Å². The molecule has 4 N–H and O–H groups in total. The third-order valence-electron chi connectivity index (χ3n) is 2.69. The zero-order valence-corrected chi connectivity index (χ0v) is 10.5. The van der Waals surface area contributed by atoms with E-state index in [9.17, 15) is 19.1 Å². The van der Waals surface area contributed by atoms with E-state index in [2.05, 4.69) is 5.32 Å². The molecule has 0 radical (unpaired) electrons. The Bertz CT molecular complexity index is 729. The highest BCUT2D eigenvalue weighted by molar-refractivity contribution is 6.05. The highest BCUT2D eigenvalue weighted by Gasteiger charge is 2.15. The summed E-state index contributed by atoms with van der Waals surface area (Å²) in [6.45, 7) is 0. The number of hydrogen-bond acceptors (Lipinski definition) is 4. The summed E-state index contributed by atoms with van der Waals surface area (Å²) in [5.74, 6) is -3.77. The van der Waals surface area contributed by atoms with Gasteiger partial charge in [-0.25, -0.2) is 9.18 Å². The molecule has 0 fully saturated rings. The van der Waals surface area contributed by atoms with Gasteiger partial charge in [0.1, 0.15) is 17.3 Å². The lowest BCUT2D eigenvalue weighted by atomic mass is 10.1. The van der Waals surface area contributed by atoms with Crippen LogP contribution in [0.4, 0.5) is 10.1 Å². The molecule has 0 saturated heterocycles. The van der Waals surface area contributed by atoms with Gasteiger partial charge < -0.3 is 20.6 Å². The lowest BCUT2D eigenvalue weighted by Crippen LogP contribution is -2.14. The summed E-state index contributed by atoms with van der Waals surface area (Å²) in [6, 6.07) is 6.35. The van der Waals surface area contributed by atoms with E-state index in [0.29, 0.717) is 0 Å². The van der Waals surface area contributed by atoms with Crippen LogP contribution in [-0.2, 0) is 0 Å². The minimum absolute atomic E-state index is 0.0579. The average molecular weight is 291 g/mol. The van der Waals surface area contributed by atoms with Crippen LogP contribution in [0.1, 0.15) is 20.7 Å². The van der Waals surface area contributed by atoms with Gasteiger partial charge in [-0.2, -0.15) is 0 Å². The van der Waals surface area contributed by atoms with Gasteiger partial charge >= 0.3 is 5.97 Å². The van der Waals surface area contributed by atoms with Gasteiger partial charge in [0.05, 0.1) is 16.8 Å². The van der Waals surface area contributed by atoms with Gasteiger partial charge in [0.15, 0.2) is 0 Å². The molecular formula is C14H10FNO5. The fraction of sp³-hybridized carbons (Fsp3) is 0. The van der Waals surface area contributed by atoms with Crippen molar-refractivity contribution in [2.24, 2.45) is 0 Å². The van der Waals surface area contributed by atoms with E-state index in [1.807, 2.05) is 0 Å². The van der Waals surface area contributed by atoms with Crippen molar-refractivity contribution in [3.05, 3.63) is 53.3 Å². The van der Waals surface area contributed by atoms with Crippen molar-refractivity contribution in [1.29, 1.82) is 0 Å². The second-order valence-corrected chi connectivity index (χ2v) is 4.16. The molecule has 2 rings (SSSR count). The first-order valence-corrected chi connectivity index (χ1v) is 5.74. The molecule has 0 aliphatic rings. The second kappa shape index (κ2) is 5.49. The maximum atomic E-state index is 13.5. The number of carbonyl (C=O) groups is 2. The molecule has 2 aromatic rings. The number of carbonyl (C=O) groups excluding carboxylic acids is 1. The summed E-state index contributed by atoms with van der Waals surface area (Å²) in [4.78, 5) is 22.6. The van der Waals surface area contributed by atoms with Crippen molar-refractivity contribution >= 4 is 17.6 Å². The Hall–Kier alpha value is -3.09. The van der Waals surface area contributed by atoms with Gasteiger partial charge in [-0.05, 0) is 30.3 Å². The number of hydrogen-bond donors (Lipinski definition) is 4. The minimum Gasteiger partial charge on any atom is -0.508 e. The summed E-state index contributed by atoms with van der Waals surface area (Å²) in [5.41, 5.74) is -0.534. The molecule has 0 aliphatic carbocycles. The predicted molar refractivity (Wildman–Crippen MR) is 71.1 cm³/mol. The largest absolute Gasteiger partial charge is 0.508 e. The first-order valence-electron chi connectivity index (χ1n) is 5.74. The van der Waals surface area contributed by atoms with E-state index in [1.165, 1.54) is 12.1 Å². The lowest BCUT2D eigenvalue weighted by molar-refractivity contribution is 0.0696. The fourth-order valence-electron chi connectivity index (χ4n) is 1.65. The number of nitrogens with one attached hydrogen (secondary N) is 1. The first-order chi connectivity index (χ1) is 9.88. The number of phenolic OH excluding ortho intramolecular Hbond substituents is 2. The number of anilines is 1. The highest BCUT2D eigenvalue weighted by Crippen LogP contribution is 2.25. The summed E-state index contributed by atoms with van der Waals surface area (Å²) in [7, 11) is 0. The molecular weight excluding hydrogens is 281 g/mol. The highest BCUT2D eigenvalue weighted by atomic mass is 19.1. The zero-order valence-electron chi connectivity index (χ0n) is 10.5. The predicted octanol–water partition coefficient (Wildman–Crippen LogP) is 2.19. The van der Waals surface area contributed by atoms with Crippen LogP contribution in [0.25, 0.3) is 0 Å². The van der Waals surface area contributed by atoms with Crippen LogP contribution < -0.4 is 5.32 Å². The van der Waals surface area contributed by atoms with Crippen molar-refractivity contribution < 1.29 is 29.3 Å². The van der Waals surface area contributed by atoms with Crippen molar-refractivity contribution in [3.8, 4) is 11.5 Å². The molecule has 7 heteroatoms. The van der Waals surface area contributed by atoms with E-state index >= 15 is 0 Å². The molecule has 0 saturated carbocycles. The molecule has 2 aromatic carbocycles. The molecule has 6 nitrogen and oxygen atoms in total. The fourth-order valence-corrected chi connectivity index (χ4v) is 1.65. The second-order valence-electron chi connectivity index (χ2n) is 4.16. The topological polar surface area (TPSA) is 107 Å². The number of aromatic hydroxyl groups is 2. The quantitative estimate of drug-likeness (QED) is 0.648. The summed E-state index contributed by atoms with van der Waals surface area (Å²) in [6.07, 6.45) is 0. The molecule has 1 amide bonds. The van der Waals surface area contributed by atoms with Crippen LogP contribution in [0.5, 0.6) is 11.5 Å². The van der Waals surface area contributed by atoms with Gasteiger partial charge in [-0.15, -0.1) is 0 Å². The Balaban J connectivity index is 2.25. The minimum atomic E-state index is -1.23. The van der Waals surface area contributed by atoms with Crippen LogP contribution >= 0.6 is 0 Å². The number of halogens is 1. The molecule has 21 heavy (non-hydrogen) atoms.